The van der Waals surface area contributed by atoms with Gasteiger partial charge in [0, 0.05) is 46.7 Å². The van der Waals surface area contributed by atoms with E-state index in [9.17, 15) is 4.79 Å². The predicted octanol–water partition coefficient (Wildman–Crippen LogP) is 3.95. The van der Waals surface area contributed by atoms with Gasteiger partial charge in [-0.05, 0) is 69.1 Å². The van der Waals surface area contributed by atoms with Gasteiger partial charge in [-0.15, -0.1) is 11.3 Å². The van der Waals surface area contributed by atoms with E-state index in [1.165, 1.54) is 35.8 Å². The molecule has 4 aliphatic rings. The number of fused-ring (bicyclic) bond motifs is 3. The highest BCUT2D eigenvalue weighted by Crippen LogP contribution is 2.36. The Labute approximate surface area is 186 Å². The molecular weight excluding hydrogens is 414 g/mol. The molecule has 0 saturated carbocycles. The number of carbonyl (C=O) groups excluding carboxylic acids is 1. The van der Waals surface area contributed by atoms with E-state index in [-0.39, 0.29) is 11.9 Å². The Morgan fingerprint density at radius 3 is 2.57 bits per heavy atom. The second-order valence-corrected chi connectivity index (χ2v) is 10.7. The highest BCUT2D eigenvalue weighted by atomic mass is 32.2. The monoisotopic (exact) mass is 443 g/mol. The van der Waals surface area contributed by atoms with Crippen molar-refractivity contribution < 1.29 is 9.53 Å². The third-order valence-electron chi connectivity index (χ3n) is 6.75. The zero-order chi connectivity index (χ0) is 20.5. The molecule has 1 aromatic heterocycles. The summed E-state index contributed by atoms with van der Waals surface area (Å²) in [7, 11) is 0. The number of carbonyl (C=O) groups is 1. The van der Waals surface area contributed by atoms with Crippen LogP contribution >= 0.6 is 23.1 Å². The Morgan fingerprint density at radius 2 is 1.87 bits per heavy atom. The van der Waals surface area contributed by atoms with E-state index in [4.69, 9.17) is 4.74 Å². The fraction of sp³-hybridized carbons (Fsp3) is 0.522. The summed E-state index contributed by atoms with van der Waals surface area (Å²) in [5.74, 6) is 0.686. The van der Waals surface area contributed by atoms with Gasteiger partial charge in [0.2, 0.25) is 0 Å². The van der Waals surface area contributed by atoms with Gasteiger partial charge in [0.25, 0.3) is 5.91 Å². The molecule has 2 atom stereocenters. The quantitative estimate of drug-likeness (QED) is 0.758. The lowest BCUT2D eigenvalue weighted by Crippen LogP contribution is -2.62. The first-order valence-corrected chi connectivity index (χ1v) is 12.6. The first kappa shape index (κ1) is 20.4. The number of hydrogen-bond donors (Lipinski definition) is 1. The fourth-order valence-electron chi connectivity index (χ4n) is 4.92. The summed E-state index contributed by atoms with van der Waals surface area (Å²) in [6.07, 6.45) is 2.41. The van der Waals surface area contributed by atoms with E-state index in [2.05, 4.69) is 45.6 Å². The number of ether oxygens (including phenoxy) is 1. The second kappa shape index (κ2) is 8.91. The molecule has 1 N–H and O–H groups in total. The number of hydrogen-bond acceptors (Lipinski definition) is 6. The molecule has 0 spiro atoms. The van der Waals surface area contributed by atoms with Gasteiger partial charge in [0.15, 0.2) is 0 Å². The van der Waals surface area contributed by atoms with Gasteiger partial charge in [0.1, 0.15) is 0 Å². The molecule has 7 heteroatoms. The van der Waals surface area contributed by atoms with E-state index < -0.39 is 0 Å². The van der Waals surface area contributed by atoms with Crippen molar-refractivity contribution >= 4 is 34.7 Å². The summed E-state index contributed by atoms with van der Waals surface area (Å²) >= 11 is 3.54. The zero-order valence-electron chi connectivity index (χ0n) is 17.4. The van der Waals surface area contributed by atoms with Crippen LogP contribution in [-0.2, 0) is 4.74 Å². The number of morpholine rings is 1. The Balaban J connectivity index is 1.19. The number of thiophene rings is 1. The standard InChI is InChI=1S/C23H29N3O2S2/c1-16-22(17-6-8-25(16)9-7-17)24-23(27)18-2-4-20(5-3-18)30-21-14-19(15-29-21)26-10-12-28-13-11-26/h2-5,14-17,22H,6-13H2,1H3,(H,24,27)/t16-,22+/m1/s1. The number of nitrogens with one attached hydrogen (secondary N) is 1. The molecule has 0 aliphatic carbocycles. The lowest BCUT2D eigenvalue weighted by Gasteiger charge is -2.49. The molecule has 4 saturated heterocycles. The summed E-state index contributed by atoms with van der Waals surface area (Å²) in [4.78, 5) is 18.9. The van der Waals surface area contributed by atoms with E-state index in [1.54, 1.807) is 23.1 Å². The van der Waals surface area contributed by atoms with Gasteiger partial charge in [0.05, 0.1) is 17.4 Å². The van der Waals surface area contributed by atoms with Gasteiger partial charge in [-0.3, -0.25) is 9.69 Å². The van der Waals surface area contributed by atoms with Gasteiger partial charge < -0.3 is 15.0 Å². The Bertz CT molecular complexity index is 869. The molecule has 0 radical (unpaired) electrons. The number of anilines is 1. The summed E-state index contributed by atoms with van der Waals surface area (Å²) in [6.45, 7) is 8.15. The number of rotatable bonds is 5. The third-order valence-corrected chi connectivity index (χ3v) is 8.82. The normalized spacial score (nSPS) is 28.5. The maximum atomic E-state index is 12.8. The van der Waals surface area contributed by atoms with Crippen LogP contribution in [0, 0.1) is 5.92 Å². The average Bonchev–Trinajstić information content (AvgIpc) is 3.26. The van der Waals surface area contributed by atoms with Crippen LogP contribution in [0.4, 0.5) is 5.69 Å². The molecule has 1 amide bonds. The average molecular weight is 444 g/mol. The summed E-state index contributed by atoms with van der Waals surface area (Å²) in [5, 5.41) is 5.55. The smallest absolute Gasteiger partial charge is 0.251 e. The highest BCUT2D eigenvalue weighted by Gasteiger charge is 2.40. The number of piperidine rings is 3. The van der Waals surface area contributed by atoms with Crippen molar-refractivity contribution in [2.45, 2.75) is 41.0 Å². The van der Waals surface area contributed by atoms with Crippen LogP contribution in [0.25, 0.3) is 0 Å². The van der Waals surface area contributed by atoms with Crippen molar-refractivity contribution in [1.29, 1.82) is 0 Å². The van der Waals surface area contributed by atoms with E-state index in [1.807, 2.05) is 12.1 Å². The molecule has 2 aromatic rings. The van der Waals surface area contributed by atoms with Crippen LogP contribution in [0.15, 0.2) is 44.8 Å². The molecule has 0 unspecified atom stereocenters. The fourth-order valence-corrected chi connectivity index (χ4v) is 6.87. The second-order valence-electron chi connectivity index (χ2n) is 8.46. The van der Waals surface area contributed by atoms with Gasteiger partial charge in [-0.2, -0.15) is 0 Å². The van der Waals surface area contributed by atoms with Crippen LogP contribution in [0.1, 0.15) is 30.1 Å². The Kier molecular flexibility index (Phi) is 6.05. The molecule has 4 aliphatic heterocycles. The Hall–Kier alpha value is -1.54. The predicted molar refractivity (Wildman–Crippen MR) is 123 cm³/mol. The maximum absolute atomic E-state index is 12.8. The third kappa shape index (κ3) is 4.26. The zero-order valence-corrected chi connectivity index (χ0v) is 19.0. The van der Waals surface area contributed by atoms with E-state index >= 15 is 0 Å². The van der Waals surface area contributed by atoms with Crippen LogP contribution in [0.2, 0.25) is 0 Å². The minimum absolute atomic E-state index is 0.0582. The molecule has 30 heavy (non-hydrogen) atoms. The number of benzene rings is 1. The minimum atomic E-state index is 0.0582. The molecular formula is C23H29N3O2S2. The van der Waals surface area contributed by atoms with Gasteiger partial charge >= 0.3 is 0 Å². The summed E-state index contributed by atoms with van der Waals surface area (Å²) < 4.78 is 6.72. The minimum Gasteiger partial charge on any atom is -0.378 e. The van der Waals surface area contributed by atoms with Gasteiger partial charge in [-0.25, -0.2) is 0 Å². The Morgan fingerprint density at radius 1 is 1.13 bits per heavy atom. The van der Waals surface area contributed by atoms with Crippen LogP contribution in [0.3, 0.4) is 0 Å². The van der Waals surface area contributed by atoms with Crippen LogP contribution in [0.5, 0.6) is 0 Å². The largest absolute Gasteiger partial charge is 0.378 e. The van der Waals surface area contributed by atoms with Crippen molar-refractivity contribution in [3.05, 3.63) is 41.3 Å². The molecule has 2 bridgehead atoms. The van der Waals surface area contributed by atoms with Crippen molar-refractivity contribution in [1.82, 2.24) is 10.2 Å². The first-order chi connectivity index (χ1) is 14.7. The van der Waals surface area contributed by atoms with Crippen LogP contribution in [-0.4, -0.2) is 62.3 Å². The molecule has 5 heterocycles. The van der Waals surface area contributed by atoms with Crippen molar-refractivity contribution in [3.8, 4) is 0 Å². The molecule has 160 valence electrons. The van der Waals surface area contributed by atoms with Crippen molar-refractivity contribution in [3.63, 3.8) is 0 Å². The molecule has 1 aromatic carbocycles. The van der Waals surface area contributed by atoms with Crippen molar-refractivity contribution in [2.75, 3.05) is 44.3 Å². The lowest BCUT2D eigenvalue weighted by molar-refractivity contribution is 0.0217. The first-order valence-electron chi connectivity index (χ1n) is 10.9. The van der Waals surface area contributed by atoms with Crippen LogP contribution < -0.4 is 10.2 Å². The van der Waals surface area contributed by atoms with E-state index in [0.717, 1.165) is 36.8 Å². The highest BCUT2D eigenvalue weighted by molar-refractivity contribution is 8.01. The van der Waals surface area contributed by atoms with Crippen molar-refractivity contribution in [2.24, 2.45) is 5.92 Å². The van der Waals surface area contributed by atoms with Gasteiger partial charge in [-0.1, -0.05) is 11.8 Å². The number of nitrogens with zero attached hydrogens (tertiary/aromatic N) is 2. The lowest BCUT2D eigenvalue weighted by atomic mass is 9.79. The SMILES string of the molecule is C[C@@H]1[C@H](NC(=O)c2ccc(Sc3cc(N4CCOCC4)cs3)cc2)C2CCN1CC2. The molecule has 5 nitrogen and oxygen atoms in total. The number of amides is 1. The molecule has 4 fully saturated rings. The topological polar surface area (TPSA) is 44.8 Å². The molecule has 6 rings (SSSR count). The summed E-state index contributed by atoms with van der Waals surface area (Å²) in [5.41, 5.74) is 2.04. The van der Waals surface area contributed by atoms with E-state index in [0.29, 0.717) is 12.0 Å². The maximum Gasteiger partial charge on any atom is 0.251 e. The summed E-state index contributed by atoms with van der Waals surface area (Å²) in [6, 6.07) is 11.0.